The molecule has 2 saturated heterocycles. The van der Waals surface area contributed by atoms with Crippen molar-refractivity contribution in [3.8, 4) is 0 Å². The van der Waals surface area contributed by atoms with Crippen LogP contribution < -0.4 is 5.73 Å². The molecule has 0 aromatic heterocycles. The molecule has 9 N–H and O–H groups in total. The summed E-state index contributed by atoms with van der Waals surface area (Å²) in [4.78, 5) is 0. The highest BCUT2D eigenvalue weighted by Gasteiger charge is 2.49. The largest absolute Gasteiger partial charge is 0.394 e. The Balaban J connectivity index is 2.11. The van der Waals surface area contributed by atoms with Gasteiger partial charge in [-0.25, -0.2) is 0 Å². The molecule has 2 fully saturated rings. The highest BCUT2D eigenvalue weighted by atomic mass is 16.7. The summed E-state index contributed by atoms with van der Waals surface area (Å²) >= 11 is 0. The number of ether oxygens (including phenoxy) is 3. The molecule has 0 saturated carbocycles. The van der Waals surface area contributed by atoms with Gasteiger partial charge in [-0.3, -0.25) is 0 Å². The zero-order chi connectivity index (χ0) is 17.3. The van der Waals surface area contributed by atoms with Crippen molar-refractivity contribution in [3.05, 3.63) is 0 Å². The second-order valence-corrected chi connectivity index (χ2v) is 5.61. The third-order valence-electron chi connectivity index (χ3n) is 4.06. The third-order valence-corrected chi connectivity index (χ3v) is 4.06. The number of hydrogen-bond acceptors (Lipinski definition) is 11. The monoisotopic (exact) mass is 341 g/mol. The Morgan fingerprint density at radius 3 is 1.96 bits per heavy atom. The van der Waals surface area contributed by atoms with Crippen molar-refractivity contribution >= 4 is 0 Å². The molecule has 0 bridgehead atoms. The van der Waals surface area contributed by atoms with Gasteiger partial charge >= 0.3 is 0 Å². The van der Waals surface area contributed by atoms with E-state index in [1.165, 1.54) is 0 Å². The van der Waals surface area contributed by atoms with Crippen LogP contribution in [-0.2, 0) is 14.2 Å². The first-order valence-corrected chi connectivity index (χ1v) is 7.15. The van der Waals surface area contributed by atoms with Crippen LogP contribution in [0, 0.1) is 0 Å². The summed E-state index contributed by atoms with van der Waals surface area (Å²) in [5.74, 6) is 0. The van der Waals surface area contributed by atoms with Crippen LogP contribution in [0.5, 0.6) is 0 Å². The molecule has 0 aromatic carbocycles. The molecule has 136 valence electrons. The predicted molar refractivity (Wildman–Crippen MR) is 70.6 cm³/mol. The van der Waals surface area contributed by atoms with E-state index in [9.17, 15) is 30.6 Å². The molecule has 11 nitrogen and oxygen atoms in total. The van der Waals surface area contributed by atoms with Gasteiger partial charge in [-0.1, -0.05) is 0 Å². The summed E-state index contributed by atoms with van der Waals surface area (Å²) in [6, 6.07) is -1.23. The van der Waals surface area contributed by atoms with Gasteiger partial charge in [0, 0.05) is 0 Å². The second-order valence-electron chi connectivity index (χ2n) is 5.61. The van der Waals surface area contributed by atoms with E-state index in [4.69, 9.17) is 25.1 Å². The van der Waals surface area contributed by atoms with E-state index in [0.717, 1.165) is 0 Å². The maximum absolute atomic E-state index is 10.1. The minimum Gasteiger partial charge on any atom is -0.394 e. The molecule has 2 heterocycles. The van der Waals surface area contributed by atoms with Crippen LogP contribution in [0.2, 0.25) is 0 Å². The van der Waals surface area contributed by atoms with Crippen molar-refractivity contribution in [2.75, 3.05) is 13.2 Å². The fourth-order valence-electron chi connectivity index (χ4n) is 2.60. The predicted octanol–water partition coefficient (Wildman–Crippen LogP) is -5.43. The molecule has 0 aliphatic carbocycles. The Morgan fingerprint density at radius 2 is 1.39 bits per heavy atom. The smallest absolute Gasteiger partial charge is 0.187 e. The zero-order valence-electron chi connectivity index (χ0n) is 12.1. The van der Waals surface area contributed by atoms with Gasteiger partial charge in [0.25, 0.3) is 0 Å². The lowest BCUT2D eigenvalue weighted by molar-refractivity contribution is -0.344. The molecule has 0 radical (unpaired) electrons. The number of aliphatic hydroxyl groups is 7. The Bertz CT molecular complexity index is 383. The first-order chi connectivity index (χ1) is 10.8. The lowest BCUT2D eigenvalue weighted by Crippen LogP contribution is -2.66. The second kappa shape index (κ2) is 7.63. The van der Waals surface area contributed by atoms with E-state index < -0.39 is 74.6 Å². The summed E-state index contributed by atoms with van der Waals surface area (Å²) in [5, 5.41) is 67.3. The van der Waals surface area contributed by atoms with Crippen molar-refractivity contribution in [1.82, 2.24) is 0 Å². The minimum absolute atomic E-state index is 0.622. The molecule has 0 spiro atoms. The SMILES string of the molecule is N[C@@H]1[C@@H](O)[C@H](O[C@H]2O[C@@H](CO)[C@H](O)[C@@H](O)[C@@H]2O)[C@@H](CO)O[C@H]1O. The zero-order valence-corrected chi connectivity index (χ0v) is 12.1. The molecular weight excluding hydrogens is 318 g/mol. The number of rotatable bonds is 4. The average molecular weight is 341 g/mol. The normalized spacial score (nSPS) is 51.7. The van der Waals surface area contributed by atoms with E-state index in [0.29, 0.717) is 0 Å². The lowest BCUT2D eigenvalue weighted by atomic mass is 9.96. The number of hydrogen-bond donors (Lipinski definition) is 8. The first-order valence-electron chi connectivity index (χ1n) is 7.15. The Kier molecular flexibility index (Phi) is 6.27. The van der Waals surface area contributed by atoms with Gasteiger partial charge in [0.1, 0.15) is 42.7 Å². The summed E-state index contributed by atoms with van der Waals surface area (Å²) in [5.41, 5.74) is 5.55. The van der Waals surface area contributed by atoms with Gasteiger partial charge in [-0.05, 0) is 0 Å². The van der Waals surface area contributed by atoms with Crippen LogP contribution >= 0.6 is 0 Å². The van der Waals surface area contributed by atoms with Crippen molar-refractivity contribution in [3.63, 3.8) is 0 Å². The van der Waals surface area contributed by atoms with Gasteiger partial charge in [0.05, 0.1) is 19.3 Å². The molecule has 11 heteroatoms. The van der Waals surface area contributed by atoms with E-state index >= 15 is 0 Å². The molecule has 2 rings (SSSR count). The summed E-state index contributed by atoms with van der Waals surface area (Å²) in [6.45, 7) is -1.26. The first kappa shape index (κ1) is 18.9. The molecular formula is C12H23NO10. The molecule has 0 aromatic rings. The Morgan fingerprint density at radius 1 is 0.783 bits per heavy atom. The fraction of sp³-hybridized carbons (Fsp3) is 1.00. The minimum atomic E-state index is -1.68. The van der Waals surface area contributed by atoms with Crippen LogP contribution in [0.3, 0.4) is 0 Å². The van der Waals surface area contributed by atoms with Crippen molar-refractivity contribution < 1.29 is 50.0 Å². The van der Waals surface area contributed by atoms with Crippen LogP contribution in [0.15, 0.2) is 0 Å². The van der Waals surface area contributed by atoms with E-state index in [1.807, 2.05) is 0 Å². The van der Waals surface area contributed by atoms with Gasteiger partial charge in [0.15, 0.2) is 12.6 Å². The Labute approximate surface area is 131 Å². The third kappa shape index (κ3) is 3.65. The summed E-state index contributed by atoms with van der Waals surface area (Å²) < 4.78 is 15.5. The molecule has 2 aliphatic rings. The standard InChI is InChI=1S/C12H23NO10/c13-5-7(17)10(4(2-15)21-11(5)20)23-12-9(19)8(18)6(16)3(1-14)22-12/h3-12,14-20H,1-2,13H2/t3-,4+,5+,6-,7+,8+,9-,10+,11+,12+/m0/s1. The Hall–Kier alpha value is -0.440. The summed E-state index contributed by atoms with van der Waals surface area (Å²) in [7, 11) is 0. The molecule has 0 amide bonds. The van der Waals surface area contributed by atoms with Gasteiger partial charge < -0.3 is 55.7 Å². The molecule has 10 atom stereocenters. The molecule has 2 aliphatic heterocycles. The van der Waals surface area contributed by atoms with Crippen molar-refractivity contribution in [2.24, 2.45) is 5.73 Å². The quantitative estimate of drug-likeness (QED) is 0.243. The highest BCUT2D eigenvalue weighted by Crippen LogP contribution is 2.27. The van der Waals surface area contributed by atoms with Crippen LogP contribution in [0.4, 0.5) is 0 Å². The fourth-order valence-corrected chi connectivity index (χ4v) is 2.60. The van der Waals surface area contributed by atoms with Crippen molar-refractivity contribution in [1.29, 1.82) is 0 Å². The van der Waals surface area contributed by atoms with E-state index in [-0.39, 0.29) is 0 Å². The van der Waals surface area contributed by atoms with Crippen LogP contribution in [0.1, 0.15) is 0 Å². The number of aliphatic hydroxyl groups excluding tert-OH is 7. The van der Waals surface area contributed by atoms with Crippen LogP contribution in [0.25, 0.3) is 0 Å². The van der Waals surface area contributed by atoms with Gasteiger partial charge in [-0.15, -0.1) is 0 Å². The van der Waals surface area contributed by atoms with Crippen LogP contribution in [-0.4, -0.2) is 110 Å². The highest BCUT2D eigenvalue weighted by molar-refractivity contribution is 4.94. The van der Waals surface area contributed by atoms with Gasteiger partial charge in [0.2, 0.25) is 0 Å². The number of nitrogens with two attached hydrogens (primary N) is 1. The van der Waals surface area contributed by atoms with Gasteiger partial charge in [-0.2, -0.15) is 0 Å². The molecule has 23 heavy (non-hydrogen) atoms. The van der Waals surface area contributed by atoms with E-state index in [2.05, 4.69) is 0 Å². The topological polar surface area (TPSA) is 195 Å². The maximum Gasteiger partial charge on any atom is 0.187 e. The summed E-state index contributed by atoms with van der Waals surface area (Å²) in [6.07, 6.45) is -13.0. The van der Waals surface area contributed by atoms with E-state index in [1.54, 1.807) is 0 Å². The lowest BCUT2D eigenvalue weighted by Gasteiger charge is -2.45. The maximum atomic E-state index is 10.1. The molecule has 0 unspecified atom stereocenters. The average Bonchev–Trinajstić information content (AvgIpc) is 2.55. The van der Waals surface area contributed by atoms with Crippen molar-refractivity contribution in [2.45, 2.75) is 61.3 Å².